The molecule has 0 atom stereocenters. The first-order valence-electron chi connectivity index (χ1n) is 9.99. The van der Waals surface area contributed by atoms with Crippen molar-refractivity contribution in [1.29, 1.82) is 0 Å². The number of amides is 1. The van der Waals surface area contributed by atoms with Gasteiger partial charge >= 0.3 is 6.09 Å². The Labute approximate surface area is 172 Å². The molecule has 28 heavy (non-hydrogen) atoms. The Hall–Kier alpha value is -1.59. The molecular formula is C23H41NO4. The number of ether oxygens (including phenoxy) is 2. The van der Waals surface area contributed by atoms with Crippen molar-refractivity contribution in [2.75, 3.05) is 26.8 Å². The van der Waals surface area contributed by atoms with Crippen molar-refractivity contribution >= 4 is 6.09 Å². The maximum Gasteiger partial charge on any atom is 0.410 e. The van der Waals surface area contributed by atoms with Gasteiger partial charge in [-0.25, -0.2) is 4.79 Å². The van der Waals surface area contributed by atoms with E-state index in [0.29, 0.717) is 13.1 Å². The summed E-state index contributed by atoms with van der Waals surface area (Å²) in [4.78, 5) is 13.7. The molecule has 0 saturated carbocycles. The smallest absolute Gasteiger partial charge is 0.410 e. The molecule has 162 valence electrons. The van der Waals surface area contributed by atoms with Crippen molar-refractivity contribution in [3.05, 3.63) is 34.9 Å². The topological polar surface area (TPSA) is 59.0 Å². The SMILES string of the molecule is COC(C)(C)C.Cc1ccc(C)c(CCCN(CCO)C(=O)OC(C)(C)C)c1. The maximum atomic E-state index is 12.1. The number of benzene rings is 1. The fourth-order valence-corrected chi connectivity index (χ4v) is 2.27. The van der Waals surface area contributed by atoms with Gasteiger partial charge in [-0.3, -0.25) is 0 Å². The summed E-state index contributed by atoms with van der Waals surface area (Å²) in [6, 6.07) is 6.43. The maximum absolute atomic E-state index is 12.1. The van der Waals surface area contributed by atoms with Crippen molar-refractivity contribution in [1.82, 2.24) is 4.90 Å². The van der Waals surface area contributed by atoms with Gasteiger partial charge in [0.05, 0.1) is 12.2 Å². The van der Waals surface area contributed by atoms with Crippen LogP contribution in [0.3, 0.4) is 0 Å². The predicted octanol–water partition coefficient (Wildman–Crippen LogP) is 4.90. The summed E-state index contributed by atoms with van der Waals surface area (Å²) < 4.78 is 10.3. The van der Waals surface area contributed by atoms with Crippen LogP contribution in [0, 0.1) is 13.8 Å². The average Bonchev–Trinajstić information content (AvgIpc) is 2.55. The van der Waals surface area contributed by atoms with E-state index in [1.54, 1.807) is 12.0 Å². The average molecular weight is 396 g/mol. The molecule has 0 spiro atoms. The second kappa shape index (κ2) is 12.1. The Morgan fingerprint density at radius 3 is 2.07 bits per heavy atom. The summed E-state index contributed by atoms with van der Waals surface area (Å²) in [5.41, 5.74) is 3.36. The fraction of sp³-hybridized carbons (Fsp3) is 0.696. The van der Waals surface area contributed by atoms with Gasteiger partial charge in [0, 0.05) is 20.2 Å². The van der Waals surface area contributed by atoms with Gasteiger partial charge in [-0.15, -0.1) is 0 Å². The predicted molar refractivity (Wildman–Crippen MR) is 116 cm³/mol. The van der Waals surface area contributed by atoms with E-state index in [9.17, 15) is 4.79 Å². The van der Waals surface area contributed by atoms with Crippen LogP contribution in [0.25, 0.3) is 0 Å². The van der Waals surface area contributed by atoms with Crippen LogP contribution < -0.4 is 0 Å². The molecule has 5 nitrogen and oxygen atoms in total. The third-order valence-electron chi connectivity index (χ3n) is 4.01. The zero-order chi connectivity index (χ0) is 22.0. The Balaban J connectivity index is 0.00000105. The second-order valence-corrected chi connectivity index (χ2v) is 9.04. The van der Waals surface area contributed by atoms with Crippen molar-refractivity contribution in [2.45, 2.75) is 79.4 Å². The molecule has 0 aliphatic carbocycles. The van der Waals surface area contributed by atoms with E-state index in [4.69, 9.17) is 14.6 Å². The number of hydrogen-bond donors (Lipinski definition) is 1. The number of carbonyl (C=O) groups excluding carboxylic acids is 1. The van der Waals surface area contributed by atoms with Gasteiger partial charge in [-0.1, -0.05) is 23.8 Å². The molecule has 1 aromatic rings. The molecular weight excluding hydrogens is 354 g/mol. The number of aliphatic hydroxyl groups excluding tert-OH is 1. The molecule has 0 bridgehead atoms. The Morgan fingerprint density at radius 1 is 1.04 bits per heavy atom. The highest BCUT2D eigenvalue weighted by molar-refractivity contribution is 5.68. The Morgan fingerprint density at radius 2 is 1.61 bits per heavy atom. The van der Waals surface area contributed by atoms with Gasteiger partial charge in [0.15, 0.2) is 0 Å². The van der Waals surface area contributed by atoms with Gasteiger partial charge in [0.25, 0.3) is 0 Å². The highest BCUT2D eigenvalue weighted by Gasteiger charge is 2.21. The summed E-state index contributed by atoms with van der Waals surface area (Å²) in [5, 5.41) is 9.13. The normalized spacial score (nSPS) is 11.5. The number of nitrogens with zero attached hydrogens (tertiary/aromatic N) is 1. The molecule has 0 radical (unpaired) electrons. The van der Waals surface area contributed by atoms with Crippen LogP contribution in [0.2, 0.25) is 0 Å². The second-order valence-electron chi connectivity index (χ2n) is 9.04. The van der Waals surface area contributed by atoms with Crippen LogP contribution in [-0.2, 0) is 15.9 Å². The van der Waals surface area contributed by atoms with Crippen molar-refractivity contribution in [3.63, 3.8) is 0 Å². The largest absolute Gasteiger partial charge is 0.444 e. The van der Waals surface area contributed by atoms with Crippen molar-refractivity contribution in [2.24, 2.45) is 0 Å². The van der Waals surface area contributed by atoms with Crippen LogP contribution in [0.1, 0.15) is 64.7 Å². The first-order valence-corrected chi connectivity index (χ1v) is 9.99. The minimum Gasteiger partial charge on any atom is -0.444 e. The van der Waals surface area contributed by atoms with Gasteiger partial charge < -0.3 is 19.5 Å². The number of hydrogen-bond acceptors (Lipinski definition) is 4. The summed E-state index contributed by atoms with van der Waals surface area (Å²) >= 11 is 0. The van der Waals surface area contributed by atoms with Gasteiger partial charge in [-0.05, 0) is 79.4 Å². The van der Waals surface area contributed by atoms with Crippen molar-refractivity contribution in [3.8, 4) is 0 Å². The van der Waals surface area contributed by atoms with Crippen LogP contribution in [0.4, 0.5) is 4.79 Å². The molecule has 0 aliphatic heterocycles. The molecule has 5 heteroatoms. The molecule has 1 rings (SSSR count). The van der Waals surface area contributed by atoms with E-state index < -0.39 is 5.60 Å². The van der Waals surface area contributed by atoms with Gasteiger partial charge in [0.1, 0.15) is 5.60 Å². The number of rotatable bonds is 6. The lowest BCUT2D eigenvalue weighted by molar-refractivity contribution is 0.0217. The van der Waals surface area contributed by atoms with E-state index in [-0.39, 0.29) is 18.3 Å². The lowest BCUT2D eigenvalue weighted by Gasteiger charge is -2.27. The van der Waals surface area contributed by atoms with Crippen LogP contribution in [0.15, 0.2) is 18.2 Å². The fourth-order valence-electron chi connectivity index (χ4n) is 2.27. The quantitative estimate of drug-likeness (QED) is 0.744. The number of carbonyl (C=O) groups is 1. The molecule has 0 saturated heterocycles. The first kappa shape index (κ1) is 26.4. The molecule has 0 aromatic heterocycles. The van der Waals surface area contributed by atoms with E-state index in [1.807, 2.05) is 41.5 Å². The molecule has 1 aromatic carbocycles. The number of methoxy groups -OCH3 is 1. The molecule has 0 unspecified atom stereocenters. The summed E-state index contributed by atoms with van der Waals surface area (Å²) in [6.07, 6.45) is 1.41. The Kier molecular flexibility index (Phi) is 11.4. The molecule has 0 heterocycles. The summed E-state index contributed by atoms with van der Waals surface area (Å²) in [5.74, 6) is 0. The molecule has 0 aliphatic rings. The standard InChI is InChI=1S/C18H29NO3.C5H12O/c1-14-8-9-15(2)16(13-14)7-6-10-19(11-12-20)17(21)22-18(3,4)5;1-5(2,3)6-4/h8-9,13,20H,6-7,10-12H2,1-5H3;1-4H3. The minimum atomic E-state index is -0.516. The molecule has 0 fully saturated rings. The molecule has 1 amide bonds. The summed E-state index contributed by atoms with van der Waals surface area (Å²) in [6.45, 7) is 16.6. The monoisotopic (exact) mass is 395 g/mol. The number of aryl methyl sites for hydroxylation is 3. The van der Waals surface area contributed by atoms with Crippen LogP contribution in [0.5, 0.6) is 0 Å². The highest BCUT2D eigenvalue weighted by atomic mass is 16.6. The van der Waals surface area contributed by atoms with Gasteiger partial charge in [-0.2, -0.15) is 0 Å². The van der Waals surface area contributed by atoms with E-state index >= 15 is 0 Å². The zero-order valence-corrected chi connectivity index (χ0v) is 19.4. The first-order chi connectivity index (χ1) is 12.8. The minimum absolute atomic E-state index is 0.0417. The van der Waals surface area contributed by atoms with E-state index in [1.165, 1.54) is 16.7 Å². The lowest BCUT2D eigenvalue weighted by atomic mass is 10.0. The highest BCUT2D eigenvalue weighted by Crippen LogP contribution is 2.14. The third-order valence-corrected chi connectivity index (χ3v) is 4.01. The lowest BCUT2D eigenvalue weighted by Crippen LogP contribution is -2.39. The van der Waals surface area contributed by atoms with Crippen molar-refractivity contribution < 1.29 is 19.4 Å². The Bertz CT molecular complexity index is 585. The molecule has 1 N–H and O–H groups in total. The number of aliphatic hydroxyl groups is 1. The zero-order valence-electron chi connectivity index (χ0n) is 19.4. The van der Waals surface area contributed by atoms with E-state index in [2.05, 4.69) is 32.0 Å². The van der Waals surface area contributed by atoms with Crippen LogP contribution in [-0.4, -0.2) is 54.1 Å². The summed E-state index contributed by atoms with van der Waals surface area (Å²) in [7, 11) is 1.71. The van der Waals surface area contributed by atoms with Gasteiger partial charge in [0.2, 0.25) is 0 Å². The van der Waals surface area contributed by atoms with E-state index in [0.717, 1.165) is 12.8 Å². The van der Waals surface area contributed by atoms with Crippen LogP contribution >= 0.6 is 0 Å². The third kappa shape index (κ3) is 12.7.